The highest BCUT2D eigenvalue weighted by molar-refractivity contribution is 6.31. The number of aldehydes is 1. The molecule has 2 rings (SSSR count). The molecule has 0 N–H and O–H groups in total. The Labute approximate surface area is 112 Å². The second kappa shape index (κ2) is 5.32. The van der Waals surface area contributed by atoms with E-state index in [0.717, 1.165) is 17.5 Å². The third-order valence-corrected chi connectivity index (χ3v) is 3.35. The summed E-state index contributed by atoms with van der Waals surface area (Å²) in [6.07, 6.45) is 3.22. The molecule has 1 atom stereocenters. The van der Waals surface area contributed by atoms with Crippen LogP contribution in [0.4, 0.5) is 0 Å². The summed E-state index contributed by atoms with van der Waals surface area (Å²) in [5, 5.41) is 0.614. The molecule has 0 bridgehead atoms. The van der Waals surface area contributed by atoms with Crippen molar-refractivity contribution in [2.24, 2.45) is 0 Å². The van der Waals surface area contributed by atoms with Crippen molar-refractivity contribution in [2.75, 3.05) is 0 Å². The van der Waals surface area contributed by atoms with E-state index in [2.05, 4.69) is 4.98 Å². The molecule has 0 saturated heterocycles. The summed E-state index contributed by atoms with van der Waals surface area (Å²) in [4.78, 5) is 15.8. The van der Waals surface area contributed by atoms with Crippen molar-refractivity contribution in [3.05, 3.63) is 64.9 Å². The minimum absolute atomic E-state index is 0.543. The number of hydrogen-bond acceptors (Lipinski definition) is 2. The average molecular weight is 260 g/mol. The van der Waals surface area contributed by atoms with Crippen molar-refractivity contribution in [1.29, 1.82) is 0 Å². The summed E-state index contributed by atoms with van der Waals surface area (Å²) >= 11 is 6.17. The molecule has 1 unspecified atom stereocenters. The van der Waals surface area contributed by atoms with Crippen LogP contribution in [0.5, 0.6) is 0 Å². The molecule has 18 heavy (non-hydrogen) atoms. The highest BCUT2D eigenvalue weighted by Crippen LogP contribution is 2.31. The van der Waals surface area contributed by atoms with Gasteiger partial charge in [0.25, 0.3) is 0 Å². The molecule has 2 nitrogen and oxygen atoms in total. The molecule has 0 amide bonds. The Morgan fingerprint density at radius 3 is 2.56 bits per heavy atom. The van der Waals surface area contributed by atoms with E-state index in [9.17, 15) is 4.79 Å². The Hall–Kier alpha value is -1.67. The van der Waals surface area contributed by atoms with E-state index in [1.54, 1.807) is 12.3 Å². The Kier molecular flexibility index (Phi) is 3.78. The van der Waals surface area contributed by atoms with Crippen molar-refractivity contribution >= 4 is 17.9 Å². The van der Waals surface area contributed by atoms with Crippen LogP contribution >= 0.6 is 11.6 Å². The minimum atomic E-state index is -0.646. The summed E-state index contributed by atoms with van der Waals surface area (Å²) in [6.45, 7) is 1.88. The van der Waals surface area contributed by atoms with E-state index in [1.807, 2.05) is 43.3 Å². The maximum Gasteiger partial charge on any atom is 0.130 e. The van der Waals surface area contributed by atoms with Crippen molar-refractivity contribution in [3.63, 3.8) is 0 Å². The first kappa shape index (κ1) is 12.8. The summed E-state index contributed by atoms with van der Waals surface area (Å²) < 4.78 is 0. The summed E-state index contributed by atoms with van der Waals surface area (Å²) in [7, 11) is 0. The second-order valence-electron chi connectivity index (χ2n) is 4.51. The predicted octanol–water partition coefficient (Wildman–Crippen LogP) is 3.43. The molecule has 0 aliphatic carbocycles. The largest absolute Gasteiger partial charge is 0.302 e. The van der Waals surface area contributed by atoms with E-state index >= 15 is 0 Å². The topological polar surface area (TPSA) is 30.0 Å². The van der Waals surface area contributed by atoms with Crippen LogP contribution < -0.4 is 0 Å². The van der Waals surface area contributed by atoms with Crippen LogP contribution in [0.15, 0.2) is 48.7 Å². The number of benzene rings is 1. The first-order chi connectivity index (χ1) is 8.65. The predicted molar refractivity (Wildman–Crippen MR) is 72.8 cm³/mol. The van der Waals surface area contributed by atoms with Crippen LogP contribution in [0, 0.1) is 0 Å². The zero-order valence-corrected chi connectivity index (χ0v) is 10.9. The number of pyridine rings is 1. The summed E-state index contributed by atoms with van der Waals surface area (Å²) in [6, 6.07) is 13.1. The summed E-state index contributed by atoms with van der Waals surface area (Å²) in [5.74, 6) is 0. The maximum absolute atomic E-state index is 11.5. The second-order valence-corrected chi connectivity index (χ2v) is 4.92. The quantitative estimate of drug-likeness (QED) is 0.788. The molecule has 0 aliphatic heterocycles. The number of aromatic nitrogens is 1. The van der Waals surface area contributed by atoms with Crippen molar-refractivity contribution in [1.82, 2.24) is 4.98 Å². The Morgan fingerprint density at radius 2 is 1.94 bits per heavy atom. The van der Waals surface area contributed by atoms with Gasteiger partial charge in [0.05, 0.1) is 5.41 Å². The lowest BCUT2D eigenvalue weighted by atomic mass is 9.80. The highest BCUT2D eigenvalue weighted by atomic mass is 35.5. The monoisotopic (exact) mass is 259 g/mol. The van der Waals surface area contributed by atoms with Gasteiger partial charge in [-0.3, -0.25) is 4.98 Å². The molecular weight excluding hydrogens is 246 g/mol. The van der Waals surface area contributed by atoms with Crippen LogP contribution in [-0.4, -0.2) is 11.3 Å². The number of carbonyl (C=O) groups excluding carboxylic acids is 1. The van der Waals surface area contributed by atoms with Gasteiger partial charge in [-0.25, -0.2) is 0 Å². The molecule has 1 aromatic carbocycles. The lowest BCUT2D eigenvalue weighted by Crippen LogP contribution is -2.27. The number of nitrogens with zero attached hydrogens (tertiary/aromatic N) is 1. The van der Waals surface area contributed by atoms with Gasteiger partial charge in [0.1, 0.15) is 6.29 Å². The molecule has 1 heterocycles. The van der Waals surface area contributed by atoms with Crippen LogP contribution in [0.2, 0.25) is 5.02 Å². The minimum Gasteiger partial charge on any atom is -0.302 e. The SMILES string of the molecule is CC(C=O)(Cc1ccccn1)c1ccccc1Cl. The van der Waals surface area contributed by atoms with E-state index in [1.165, 1.54) is 0 Å². The molecule has 0 saturated carbocycles. The number of halogens is 1. The zero-order valence-electron chi connectivity index (χ0n) is 10.1. The Morgan fingerprint density at radius 1 is 1.22 bits per heavy atom. The van der Waals surface area contributed by atoms with Gasteiger partial charge < -0.3 is 4.79 Å². The van der Waals surface area contributed by atoms with E-state index in [0.29, 0.717) is 11.4 Å². The van der Waals surface area contributed by atoms with E-state index in [4.69, 9.17) is 11.6 Å². The number of carbonyl (C=O) groups is 1. The number of hydrogen-bond donors (Lipinski definition) is 0. The fraction of sp³-hybridized carbons (Fsp3) is 0.200. The van der Waals surface area contributed by atoms with Crippen molar-refractivity contribution < 1.29 is 4.79 Å². The first-order valence-corrected chi connectivity index (χ1v) is 6.15. The normalized spacial score (nSPS) is 13.9. The van der Waals surface area contributed by atoms with Crippen LogP contribution in [0.1, 0.15) is 18.2 Å². The van der Waals surface area contributed by atoms with E-state index in [-0.39, 0.29) is 0 Å². The van der Waals surface area contributed by atoms with Gasteiger partial charge in [-0.1, -0.05) is 35.9 Å². The van der Waals surface area contributed by atoms with Gasteiger partial charge in [-0.15, -0.1) is 0 Å². The lowest BCUT2D eigenvalue weighted by Gasteiger charge is -2.24. The number of rotatable bonds is 4. The van der Waals surface area contributed by atoms with Crippen molar-refractivity contribution in [3.8, 4) is 0 Å². The van der Waals surface area contributed by atoms with Crippen molar-refractivity contribution in [2.45, 2.75) is 18.8 Å². The highest BCUT2D eigenvalue weighted by Gasteiger charge is 2.29. The molecule has 0 fully saturated rings. The van der Waals surface area contributed by atoms with Gasteiger partial charge in [-0.2, -0.15) is 0 Å². The van der Waals surface area contributed by atoms with Gasteiger partial charge >= 0.3 is 0 Å². The van der Waals surface area contributed by atoms with Gasteiger partial charge in [0.2, 0.25) is 0 Å². The zero-order chi connectivity index (χ0) is 13.0. The third kappa shape index (κ3) is 2.59. The molecular formula is C15H14ClNO. The molecule has 1 aromatic heterocycles. The fourth-order valence-corrected chi connectivity index (χ4v) is 2.36. The van der Waals surface area contributed by atoms with Gasteiger partial charge in [-0.05, 0) is 30.7 Å². The van der Waals surface area contributed by atoms with Crippen LogP contribution in [0.25, 0.3) is 0 Å². The molecule has 2 aromatic rings. The van der Waals surface area contributed by atoms with Crippen LogP contribution in [0.3, 0.4) is 0 Å². The molecule has 0 radical (unpaired) electrons. The van der Waals surface area contributed by atoms with Gasteiger partial charge in [0, 0.05) is 23.3 Å². The first-order valence-electron chi connectivity index (χ1n) is 5.77. The molecule has 92 valence electrons. The third-order valence-electron chi connectivity index (χ3n) is 3.02. The summed E-state index contributed by atoms with van der Waals surface area (Å²) in [5.41, 5.74) is 1.08. The fourth-order valence-electron chi connectivity index (χ4n) is 2.00. The van der Waals surface area contributed by atoms with Gasteiger partial charge in [0.15, 0.2) is 0 Å². The standard InChI is InChI=1S/C15H14ClNO/c1-15(11-18,10-12-6-4-5-9-17-12)13-7-2-3-8-14(13)16/h2-9,11H,10H2,1H3. The smallest absolute Gasteiger partial charge is 0.130 e. The molecule has 0 aliphatic rings. The maximum atomic E-state index is 11.5. The van der Waals surface area contributed by atoms with Crippen LogP contribution in [-0.2, 0) is 16.6 Å². The Balaban J connectivity index is 2.37. The lowest BCUT2D eigenvalue weighted by molar-refractivity contribution is -0.112. The Bertz CT molecular complexity index is 541. The molecule has 0 spiro atoms. The average Bonchev–Trinajstić information content (AvgIpc) is 2.40. The molecule has 3 heteroatoms. The van der Waals surface area contributed by atoms with E-state index < -0.39 is 5.41 Å².